The molecule has 2 aliphatic heterocycles. The minimum Gasteiger partial charge on any atom is -0.390 e. The van der Waals surface area contributed by atoms with Gasteiger partial charge in [0.05, 0.1) is 18.8 Å². The molecule has 2 heterocycles. The lowest BCUT2D eigenvalue weighted by Gasteiger charge is -2.41. The summed E-state index contributed by atoms with van der Waals surface area (Å²) in [4.78, 5) is 175. The standard InChI is InChI=1S/C69H124N12O13S/c1-25-27-29-46(13)39-51-59(84)72-49(26-2)62(87)80(24)68(95-35-28-30-81-31-33-94-34-32-81)67(92)78(22)54(40-69(16,17)93)60(85)73-55(44(9)10)65(90)74(18)50(36-41(3)4)58(83)70-47(14)57(82)71-48(15)61(86)76(20)52(37-42(5)6)63(88)77(21)53(38-43(7)8)64(89)79(23)56(45(11)12)66(91)75(51)19/h25,27,41-56,68,93H,26,28-40H2,1-24H3,(H,70,83)(H,71,82)(H,72,84)(H,73,85)/b27-25+/t46-,47-,48-,49-,50+,51?,52-,53-,54+,55+,56-,68-/m1/s1. The Kier molecular flexibility index (Phi) is 35.5. The van der Waals surface area contributed by atoms with Gasteiger partial charge in [-0.2, -0.15) is 0 Å². The van der Waals surface area contributed by atoms with Gasteiger partial charge in [0.15, 0.2) is 5.37 Å². The van der Waals surface area contributed by atoms with E-state index in [1.165, 1.54) is 123 Å². The van der Waals surface area contributed by atoms with Gasteiger partial charge in [-0.05, 0) is 127 Å². The van der Waals surface area contributed by atoms with Gasteiger partial charge in [-0.25, -0.2) is 0 Å². The fraction of sp³-hybridized carbons (Fsp3) is 0.812. The number of allylic oxidation sites excluding steroid dienone is 2. The first-order chi connectivity index (χ1) is 44.1. The first-order valence-electron chi connectivity index (χ1n) is 34.4. The van der Waals surface area contributed by atoms with Gasteiger partial charge in [0.25, 0.3) is 5.91 Å². The molecule has 0 aromatic heterocycles. The number of hydrogen-bond donors (Lipinski definition) is 5. The van der Waals surface area contributed by atoms with Crippen LogP contribution in [0.2, 0.25) is 0 Å². The number of aliphatic hydroxyl groups is 1. The van der Waals surface area contributed by atoms with E-state index in [1.54, 1.807) is 34.6 Å². The van der Waals surface area contributed by atoms with Crippen LogP contribution in [-0.2, 0) is 57.5 Å². The fourth-order valence-electron chi connectivity index (χ4n) is 12.1. The van der Waals surface area contributed by atoms with Crippen LogP contribution < -0.4 is 21.3 Å². The second kappa shape index (κ2) is 39.5. The molecular formula is C69H124N12O13S. The van der Waals surface area contributed by atoms with E-state index in [0.717, 1.165) is 13.1 Å². The molecule has 26 heteroatoms. The van der Waals surface area contributed by atoms with E-state index in [4.69, 9.17) is 4.74 Å². The number of carbonyl (C=O) groups excluding carboxylic acids is 11. The topological polar surface area (TPSA) is 291 Å². The van der Waals surface area contributed by atoms with Gasteiger partial charge in [-0.15, -0.1) is 11.8 Å². The van der Waals surface area contributed by atoms with Crippen molar-refractivity contribution in [2.24, 2.45) is 35.5 Å². The number of likely N-dealkylation sites (N-methyl/N-ethyl adjacent to an activating group) is 7. The Labute approximate surface area is 573 Å². The van der Waals surface area contributed by atoms with Crippen LogP contribution >= 0.6 is 11.8 Å². The van der Waals surface area contributed by atoms with Crippen molar-refractivity contribution in [3.8, 4) is 0 Å². The van der Waals surface area contributed by atoms with E-state index in [9.17, 15) is 24.3 Å². The van der Waals surface area contributed by atoms with Crippen molar-refractivity contribution in [2.75, 3.05) is 87.9 Å². The molecular weight excluding hydrogens is 1240 g/mol. The van der Waals surface area contributed by atoms with Crippen molar-refractivity contribution in [1.82, 2.24) is 60.5 Å². The van der Waals surface area contributed by atoms with Crippen LogP contribution in [0.1, 0.15) is 169 Å². The van der Waals surface area contributed by atoms with E-state index in [0.29, 0.717) is 38.4 Å². The maximum Gasteiger partial charge on any atom is 0.256 e. The Balaban J connectivity index is 3.08. The summed E-state index contributed by atoms with van der Waals surface area (Å²) >= 11 is 1.18. The molecule has 2 fully saturated rings. The third-order valence-corrected chi connectivity index (χ3v) is 19.4. The molecule has 0 aliphatic carbocycles. The summed E-state index contributed by atoms with van der Waals surface area (Å²) in [7, 11) is 10.2. The van der Waals surface area contributed by atoms with E-state index < -0.39 is 148 Å². The van der Waals surface area contributed by atoms with Crippen LogP contribution in [0.3, 0.4) is 0 Å². The van der Waals surface area contributed by atoms with Crippen LogP contribution in [0.25, 0.3) is 0 Å². The van der Waals surface area contributed by atoms with Gasteiger partial charge in [0, 0.05) is 68.8 Å². The average molecular weight is 1360 g/mol. The number of hydrogen-bond acceptors (Lipinski definition) is 15. The molecule has 0 radical (unpaired) electrons. The number of carbonyl (C=O) groups is 11. The summed E-state index contributed by atoms with van der Waals surface area (Å²) in [6.45, 7) is 32.9. The quantitative estimate of drug-likeness (QED) is 0.0844. The zero-order chi connectivity index (χ0) is 72.8. The molecule has 5 N–H and O–H groups in total. The lowest BCUT2D eigenvalue weighted by Crippen LogP contribution is -2.62. The normalized spacial score (nSPS) is 27.1. The summed E-state index contributed by atoms with van der Waals surface area (Å²) in [6.07, 6.45) is 5.34. The third-order valence-electron chi connectivity index (χ3n) is 18.0. The molecule has 1 unspecified atom stereocenters. The van der Waals surface area contributed by atoms with Gasteiger partial charge in [-0.3, -0.25) is 57.6 Å². The lowest BCUT2D eigenvalue weighted by atomic mass is 9.93. The molecule has 0 spiro atoms. The lowest BCUT2D eigenvalue weighted by molar-refractivity contribution is -0.156. The Morgan fingerprint density at radius 1 is 0.526 bits per heavy atom. The molecule has 95 heavy (non-hydrogen) atoms. The van der Waals surface area contributed by atoms with Gasteiger partial charge in [0.2, 0.25) is 59.1 Å². The van der Waals surface area contributed by atoms with Gasteiger partial charge in [0.1, 0.15) is 60.4 Å². The maximum atomic E-state index is 15.4. The number of thioether (sulfide) groups is 1. The molecule has 0 saturated carbocycles. The highest BCUT2D eigenvalue weighted by atomic mass is 32.2. The first kappa shape index (κ1) is 85.2. The van der Waals surface area contributed by atoms with Crippen LogP contribution in [0.15, 0.2) is 12.2 Å². The van der Waals surface area contributed by atoms with Gasteiger partial charge < -0.3 is 65.4 Å². The fourth-order valence-corrected chi connectivity index (χ4v) is 13.3. The number of ether oxygens (including phenoxy) is 1. The maximum absolute atomic E-state index is 15.4. The minimum absolute atomic E-state index is 0.0543. The summed E-state index contributed by atoms with van der Waals surface area (Å²) in [6, 6.07) is -12.2. The Bertz CT molecular complexity index is 2590. The number of amides is 11. The van der Waals surface area contributed by atoms with Crippen molar-refractivity contribution < 1.29 is 62.6 Å². The van der Waals surface area contributed by atoms with E-state index in [-0.39, 0.29) is 62.2 Å². The van der Waals surface area contributed by atoms with Crippen molar-refractivity contribution in [3.05, 3.63) is 12.2 Å². The first-order valence-corrected chi connectivity index (χ1v) is 35.4. The second-order valence-electron chi connectivity index (χ2n) is 29.2. The molecule has 11 amide bonds. The zero-order valence-corrected chi connectivity index (χ0v) is 63.0. The van der Waals surface area contributed by atoms with Gasteiger partial charge in [-0.1, -0.05) is 95.2 Å². The van der Waals surface area contributed by atoms with Crippen LogP contribution in [0.4, 0.5) is 0 Å². The zero-order valence-electron chi connectivity index (χ0n) is 62.2. The van der Waals surface area contributed by atoms with Crippen molar-refractivity contribution in [1.29, 1.82) is 0 Å². The molecule has 2 aliphatic rings. The molecule has 2 rings (SSSR count). The molecule has 12 atom stereocenters. The summed E-state index contributed by atoms with van der Waals surface area (Å²) < 4.78 is 5.56. The summed E-state index contributed by atoms with van der Waals surface area (Å²) in [5.74, 6) is -8.58. The van der Waals surface area contributed by atoms with Crippen LogP contribution in [-0.4, -0.2) is 269 Å². The summed E-state index contributed by atoms with van der Waals surface area (Å²) in [5.41, 5.74) is -1.57. The van der Waals surface area contributed by atoms with Gasteiger partial charge >= 0.3 is 0 Å². The highest BCUT2D eigenvalue weighted by Gasteiger charge is 2.46. The predicted molar refractivity (Wildman–Crippen MR) is 372 cm³/mol. The van der Waals surface area contributed by atoms with E-state index in [2.05, 4.69) is 26.2 Å². The minimum atomic E-state index is -1.57. The number of nitrogens with zero attached hydrogens (tertiary/aromatic N) is 8. The van der Waals surface area contributed by atoms with E-state index >= 15 is 33.6 Å². The van der Waals surface area contributed by atoms with Crippen LogP contribution in [0, 0.1) is 35.5 Å². The predicted octanol–water partition coefficient (Wildman–Crippen LogP) is 4.19. The summed E-state index contributed by atoms with van der Waals surface area (Å²) in [5, 5.41) is 21.4. The number of rotatable bonds is 20. The smallest absolute Gasteiger partial charge is 0.256 e. The molecule has 2 saturated heterocycles. The van der Waals surface area contributed by atoms with Crippen molar-refractivity contribution >= 4 is 76.7 Å². The largest absolute Gasteiger partial charge is 0.390 e. The second-order valence-corrected chi connectivity index (χ2v) is 30.3. The molecule has 25 nitrogen and oxygen atoms in total. The molecule has 0 bridgehead atoms. The Morgan fingerprint density at radius 3 is 1.47 bits per heavy atom. The van der Waals surface area contributed by atoms with Crippen molar-refractivity contribution in [3.63, 3.8) is 0 Å². The number of nitrogens with one attached hydrogen (secondary N) is 4. The molecule has 0 aromatic carbocycles. The monoisotopic (exact) mass is 1360 g/mol. The van der Waals surface area contributed by atoms with Crippen molar-refractivity contribution in [2.45, 2.75) is 240 Å². The Hall–Kier alpha value is -5.86. The molecule has 0 aromatic rings. The SMILES string of the molecule is C/C=C/C[C@@H](C)CC1C(=O)N[C@H](CC)C(=O)N(C)[C@H](SCCCN2CCOCC2)C(=O)N(C)[C@@H](CC(C)(C)O)C(=O)N[C@@H](C(C)C)C(=O)N(C)[C@@H](CC(C)C)C(=O)N[C@H](C)C(=O)N[C@H](C)C(=O)N(C)[C@H](CC(C)C)C(=O)N(C)[C@H](CC(C)C)C(=O)N(C)[C@H](C(C)C)C(=O)N1C. The molecule has 544 valence electrons. The Morgan fingerprint density at radius 2 is 0.979 bits per heavy atom. The average Bonchev–Trinajstić information content (AvgIpc) is 1.37. The highest BCUT2D eigenvalue weighted by molar-refractivity contribution is 8.00. The van der Waals surface area contributed by atoms with E-state index in [1.807, 2.05) is 67.5 Å². The third kappa shape index (κ3) is 25.5. The van der Waals surface area contributed by atoms with Crippen LogP contribution in [0.5, 0.6) is 0 Å². The number of morpholine rings is 1. The highest BCUT2D eigenvalue weighted by Crippen LogP contribution is 2.28.